The summed E-state index contributed by atoms with van der Waals surface area (Å²) in [6.45, 7) is 4.86. The number of rotatable bonds is 8. The van der Waals surface area contributed by atoms with Crippen molar-refractivity contribution < 1.29 is 14.3 Å². The maximum absolute atomic E-state index is 12.9. The van der Waals surface area contributed by atoms with Gasteiger partial charge in [0.2, 0.25) is 0 Å². The van der Waals surface area contributed by atoms with Crippen molar-refractivity contribution in [3.63, 3.8) is 0 Å². The van der Waals surface area contributed by atoms with E-state index in [1.165, 1.54) is 0 Å². The number of methoxy groups -OCH3 is 1. The van der Waals surface area contributed by atoms with Gasteiger partial charge in [0.25, 0.3) is 5.91 Å². The monoisotopic (exact) mass is 475 g/mol. The molecule has 0 saturated carbocycles. The number of carbonyl (C=O) groups is 1. The molecule has 1 N–H and O–H groups in total. The van der Waals surface area contributed by atoms with Gasteiger partial charge in [-0.25, -0.2) is 0 Å². The minimum atomic E-state index is -0.238. The molecule has 6 nitrogen and oxygen atoms in total. The van der Waals surface area contributed by atoms with Crippen LogP contribution in [-0.2, 0) is 13.2 Å². The zero-order chi connectivity index (χ0) is 24.1. The Morgan fingerprint density at radius 3 is 2.71 bits per heavy atom. The minimum Gasteiger partial charge on any atom is -0.496 e. The Labute approximate surface area is 204 Å². The van der Waals surface area contributed by atoms with Crippen LogP contribution in [0.25, 0.3) is 0 Å². The van der Waals surface area contributed by atoms with Crippen LogP contribution in [0.4, 0.5) is 5.69 Å². The second kappa shape index (κ2) is 10.4. The molecule has 0 aliphatic rings. The zero-order valence-electron chi connectivity index (χ0n) is 19.3. The average Bonchev–Trinajstić information content (AvgIpc) is 3.26. The fraction of sp³-hybridized carbons (Fsp3) is 0.185. The lowest BCUT2D eigenvalue weighted by Crippen LogP contribution is -2.12. The first kappa shape index (κ1) is 23.4. The number of nitrogens with zero attached hydrogens (tertiary/aromatic N) is 2. The lowest BCUT2D eigenvalue weighted by Gasteiger charge is -2.14. The third kappa shape index (κ3) is 5.77. The standard InChI is InChI=1S/C27H26ClN3O3/c1-18-7-8-19(2)26(11-18)34-17-22-13-21(9-10-25(22)33-3)27(32)30-24-14-29-31(16-24)15-20-5-4-6-23(28)12-20/h4-14,16H,15,17H2,1-3H3,(H,30,32). The SMILES string of the molecule is COc1ccc(C(=O)Nc2cnn(Cc3cccc(Cl)c3)c2)cc1COc1cc(C)ccc1C. The summed E-state index contributed by atoms with van der Waals surface area (Å²) in [5.41, 5.74) is 5.09. The van der Waals surface area contributed by atoms with Gasteiger partial charge in [0.05, 0.1) is 25.5 Å². The van der Waals surface area contributed by atoms with Gasteiger partial charge in [-0.05, 0) is 66.9 Å². The molecule has 0 aliphatic carbocycles. The lowest BCUT2D eigenvalue weighted by atomic mass is 10.1. The van der Waals surface area contributed by atoms with Crippen molar-refractivity contribution in [1.82, 2.24) is 9.78 Å². The van der Waals surface area contributed by atoms with E-state index >= 15 is 0 Å². The highest BCUT2D eigenvalue weighted by molar-refractivity contribution is 6.30. The molecule has 1 aromatic heterocycles. The summed E-state index contributed by atoms with van der Waals surface area (Å²) in [5, 5.41) is 7.91. The summed E-state index contributed by atoms with van der Waals surface area (Å²) < 4.78 is 13.3. The third-order valence-electron chi connectivity index (χ3n) is 5.39. The normalized spacial score (nSPS) is 10.7. The number of carbonyl (C=O) groups excluding carboxylic acids is 1. The second-order valence-corrected chi connectivity index (χ2v) is 8.53. The predicted octanol–water partition coefficient (Wildman–Crippen LogP) is 6.04. The molecule has 0 saturated heterocycles. The van der Waals surface area contributed by atoms with Crippen molar-refractivity contribution in [2.45, 2.75) is 27.0 Å². The maximum atomic E-state index is 12.9. The van der Waals surface area contributed by atoms with Crippen LogP contribution in [0.15, 0.2) is 73.1 Å². The van der Waals surface area contributed by atoms with Gasteiger partial charge in [-0.2, -0.15) is 5.10 Å². The summed E-state index contributed by atoms with van der Waals surface area (Å²) in [6.07, 6.45) is 3.41. The predicted molar refractivity (Wildman–Crippen MR) is 134 cm³/mol. The van der Waals surface area contributed by atoms with Crippen molar-refractivity contribution in [1.29, 1.82) is 0 Å². The van der Waals surface area contributed by atoms with Gasteiger partial charge in [0.15, 0.2) is 0 Å². The quantitative estimate of drug-likeness (QED) is 0.337. The summed E-state index contributed by atoms with van der Waals surface area (Å²) in [5.74, 6) is 1.23. The van der Waals surface area contributed by atoms with Crippen LogP contribution in [-0.4, -0.2) is 22.8 Å². The van der Waals surface area contributed by atoms with Gasteiger partial charge >= 0.3 is 0 Å². The van der Waals surface area contributed by atoms with E-state index in [0.717, 1.165) is 28.0 Å². The first-order chi connectivity index (χ1) is 16.4. The topological polar surface area (TPSA) is 65.4 Å². The first-order valence-corrected chi connectivity index (χ1v) is 11.2. The molecule has 0 radical (unpaired) electrons. The van der Waals surface area contributed by atoms with Crippen LogP contribution in [0.1, 0.15) is 32.6 Å². The van der Waals surface area contributed by atoms with Crippen LogP contribution in [0.2, 0.25) is 5.02 Å². The van der Waals surface area contributed by atoms with Crippen LogP contribution >= 0.6 is 11.6 Å². The van der Waals surface area contributed by atoms with Gasteiger partial charge in [-0.1, -0.05) is 35.9 Å². The number of amides is 1. The van der Waals surface area contributed by atoms with Crippen LogP contribution in [0, 0.1) is 13.8 Å². The lowest BCUT2D eigenvalue weighted by molar-refractivity contribution is 0.102. The van der Waals surface area contributed by atoms with Crippen molar-refractivity contribution in [2.75, 3.05) is 12.4 Å². The van der Waals surface area contributed by atoms with Crippen molar-refractivity contribution in [3.8, 4) is 11.5 Å². The molecule has 0 fully saturated rings. The molecule has 1 heterocycles. The Morgan fingerprint density at radius 2 is 1.91 bits per heavy atom. The fourth-order valence-electron chi connectivity index (χ4n) is 3.59. The van der Waals surface area contributed by atoms with Gasteiger partial charge in [0.1, 0.15) is 18.1 Å². The Balaban J connectivity index is 1.45. The number of nitrogens with one attached hydrogen (secondary N) is 1. The largest absolute Gasteiger partial charge is 0.496 e. The molecule has 4 aromatic rings. The summed E-state index contributed by atoms with van der Waals surface area (Å²) in [7, 11) is 1.60. The molecule has 7 heteroatoms. The summed E-state index contributed by atoms with van der Waals surface area (Å²) >= 11 is 6.05. The van der Waals surface area contributed by atoms with E-state index in [1.54, 1.807) is 42.4 Å². The number of hydrogen-bond donors (Lipinski definition) is 1. The van der Waals surface area contributed by atoms with E-state index in [9.17, 15) is 4.79 Å². The molecular formula is C27H26ClN3O3. The third-order valence-corrected chi connectivity index (χ3v) is 5.63. The van der Waals surface area contributed by atoms with Crippen molar-refractivity contribution >= 4 is 23.2 Å². The molecule has 3 aromatic carbocycles. The van der Waals surface area contributed by atoms with Gasteiger partial charge in [0, 0.05) is 22.3 Å². The molecule has 4 rings (SSSR count). The number of aromatic nitrogens is 2. The summed E-state index contributed by atoms with van der Waals surface area (Å²) in [6, 6.07) is 19.0. The van der Waals surface area contributed by atoms with E-state index in [1.807, 2.05) is 56.3 Å². The van der Waals surface area contributed by atoms with Crippen LogP contribution < -0.4 is 14.8 Å². The van der Waals surface area contributed by atoms with Crippen molar-refractivity contribution in [3.05, 3.63) is 106 Å². The molecular weight excluding hydrogens is 450 g/mol. The van der Waals surface area contributed by atoms with Gasteiger partial charge in [-0.3, -0.25) is 9.48 Å². The van der Waals surface area contributed by atoms with E-state index in [4.69, 9.17) is 21.1 Å². The highest BCUT2D eigenvalue weighted by Crippen LogP contribution is 2.25. The number of aryl methyl sites for hydroxylation is 2. The highest BCUT2D eigenvalue weighted by Gasteiger charge is 2.13. The van der Waals surface area contributed by atoms with Gasteiger partial charge in [-0.15, -0.1) is 0 Å². The minimum absolute atomic E-state index is 0.238. The average molecular weight is 476 g/mol. The summed E-state index contributed by atoms with van der Waals surface area (Å²) in [4.78, 5) is 12.9. The maximum Gasteiger partial charge on any atom is 0.255 e. The first-order valence-electron chi connectivity index (χ1n) is 10.9. The van der Waals surface area contributed by atoms with E-state index < -0.39 is 0 Å². The molecule has 174 valence electrons. The molecule has 1 amide bonds. The number of benzene rings is 3. The van der Waals surface area contributed by atoms with Gasteiger partial charge < -0.3 is 14.8 Å². The van der Waals surface area contributed by atoms with E-state index in [0.29, 0.717) is 28.6 Å². The van der Waals surface area contributed by atoms with Crippen LogP contribution in [0.3, 0.4) is 0 Å². The molecule has 0 aliphatic heterocycles. The van der Waals surface area contributed by atoms with E-state index in [2.05, 4.69) is 10.4 Å². The zero-order valence-corrected chi connectivity index (χ0v) is 20.1. The molecule has 0 bridgehead atoms. The smallest absolute Gasteiger partial charge is 0.255 e. The number of ether oxygens (including phenoxy) is 2. The Kier molecular flexibility index (Phi) is 7.18. The van der Waals surface area contributed by atoms with E-state index in [-0.39, 0.29) is 12.5 Å². The van der Waals surface area contributed by atoms with Crippen LogP contribution in [0.5, 0.6) is 11.5 Å². The highest BCUT2D eigenvalue weighted by atomic mass is 35.5. The Hall–Kier alpha value is -3.77. The Morgan fingerprint density at radius 1 is 1.06 bits per heavy atom. The number of hydrogen-bond acceptors (Lipinski definition) is 4. The fourth-order valence-corrected chi connectivity index (χ4v) is 3.80. The van der Waals surface area contributed by atoms with Crippen molar-refractivity contribution in [2.24, 2.45) is 0 Å². The molecule has 0 atom stereocenters. The molecule has 0 spiro atoms. The molecule has 34 heavy (non-hydrogen) atoms. The second-order valence-electron chi connectivity index (χ2n) is 8.09. The number of anilines is 1. The number of halogens is 1. The Bertz CT molecular complexity index is 1320. The molecule has 0 unspecified atom stereocenters.